The molecule has 2 aromatic rings. The number of anilines is 1. The van der Waals surface area contributed by atoms with Gasteiger partial charge in [-0.25, -0.2) is 9.97 Å². The van der Waals surface area contributed by atoms with Crippen molar-refractivity contribution in [2.45, 2.75) is 32.2 Å². The maximum atomic E-state index is 12.6. The molecule has 1 saturated heterocycles. The number of carbonyl (C=O) groups is 1. The molecular formula is C20H25N5O2. The Kier molecular flexibility index (Phi) is 5.58. The van der Waals surface area contributed by atoms with Crippen molar-refractivity contribution in [3.05, 3.63) is 47.7 Å². The maximum Gasteiger partial charge on any atom is 0.255 e. The minimum absolute atomic E-state index is 0.000605. The number of aromatic nitrogens is 3. The lowest BCUT2D eigenvalue weighted by atomic mass is 10.0. The second-order valence-corrected chi connectivity index (χ2v) is 7.16. The number of hydrogen-bond donors (Lipinski definition) is 1. The monoisotopic (exact) mass is 367 g/mol. The molecule has 1 N–H and O–H groups in total. The summed E-state index contributed by atoms with van der Waals surface area (Å²) in [6.07, 6.45) is 9.12. The van der Waals surface area contributed by atoms with E-state index in [0.29, 0.717) is 24.6 Å². The third-order valence-corrected chi connectivity index (χ3v) is 5.31. The van der Waals surface area contributed by atoms with Crippen LogP contribution in [0.5, 0.6) is 0 Å². The highest BCUT2D eigenvalue weighted by Gasteiger charge is 2.25. The Labute approximate surface area is 159 Å². The van der Waals surface area contributed by atoms with Crippen LogP contribution in [0.15, 0.2) is 30.9 Å². The van der Waals surface area contributed by atoms with Gasteiger partial charge in [-0.05, 0) is 43.7 Å². The molecule has 7 heteroatoms. The number of nitrogens with one attached hydrogen (secondary N) is 1. The molecule has 4 rings (SSSR count). The van der Waals surface area contributed by atoms with Gasteiger partial charge in [0, 0.05) is 44.3 Å². The van der Waals surface area contributed by atoms with Gasteiger partial charge in [0.15, 0.2) is 0 Å². The first-order valence-electron chi connectivity index (χ1n) is 9.65. The highest BCUT2D eigenvalue weighted by Crippen LogP contribution is 2.24. The van der Waals surface area contributed by atoms with Crippen LogP contribution in [0.2, 0.25) is 0 Å². The van der Waals surface area contributed by atoms with Crippen LogP contribution < -0.4 is 5.32 Å². The molecule has 2 aliphatic rings. The molecule has 0 aliphatic carbocycles. The summed E-state index contributed by atoms with van der Waals surface area (Å²) in [5.41, 5.74) is 2.68. The van der Waals surface area contributed by atoms with Crippen molar-refractivity contribution in [2.75, 3.05) is 31.6 Å². The summed E-state index contributed by atoms with van der Waals surface area (Å²) < 4.78 is 5.43. The van der Waals surface area contributed by atoms with Crippen LogP contribution in [0.25, 0.3) is 0 Å². The minimum Gasteiger partial charge on any atom is -0.381 e. The molecule has 2 aromatic heterocycles. The molecule has 1 amide bonds. The van der Waals surface area contributed by atoms with Crippen LogP contribution in [0.3, 0.4) is 0 Å². The lowest BCUT2D eigenvalue weighted by molar-refractivity contribution is 0.0731. The van der Waals surface area contributed by atoms with Gasteiger partial charge in [0.2, 0.25) is 0 Å². The molecule has 4 heterocycles. The van der Waals surface area contributed by atoms with Gasteiger partial charge in [-0.15, -0.1) is 0 Å². The van der Waals surface area contributed by atoms with Crippen molar-refractivity contribution in [3.63, 3.8) is 0 Å². The van der Waals surface area contributed by atoms with Gasteiger partial charge in [-0.1, -0.05) is 0 Å². The molecule has 0 saturated carbocycles. The minimum atomic E-state index is 0.000605. The van der Waals surface area contributed by atoms with Gasteiger partial charge in [0.05, 0.1) is 17.8 Å². The zero-order valence-corrected chi connectivity index (χ0v) is 15.4. The first kappa shape index (κ1) is 17.9. The van der Waals surface area contributed by atoms with E-state index in [2.05, 4.69) is 20.3 Å². The Morgan fingerprint density at radius 2 is 2.33 bits per heavy atom. The van der Waals surface area contributed by atoms with Gasteiger partial charge in [-0.2, -0.15) is 0 Å². The zero-order chi connectivity index (χ0) is 18.5. The van der Waals surface area contributed by atoms with Crippen LogP contribution in [0.4, 0.5) is 5.82 Å². The molecule has 142 valence electrons. The van der Waals surface area contributed by atoms with E-state index in [1.807, 2.05) is 4.90 Å². The molecule has 1 fully saturated rings. The average Bonchev–Trinajstić information content (AvgIpc) is 3.24. The first-order chi connectivity index (χ1) is 13.3. The van der Waals surface area contributed by atoms with Crippen LogP contribution in [-0.2, 0) is 17.7 Å². The second-order valence-electron chi connectivity index (χ2n) is 7.16. The third-order valence-electron chi connectivity index (χ3n) is 5.31. The average molecular weight is 367 g/mol. The molecule has 0 aromatic carbocycles. The molecule has 0 unspecified atom stereocenters. The van der Waals surface area contributed by atoms with Crippen molar-refractivity contribution in [2.24, 2.45) is 5.92 Å². The fourth-order valence-corrected chi connectivity index (χ4v) is 3.76. The highest BCUT2D eigenvalue weighted by atomic mass is 16.5. The topological polar surface area (TPSA) is 80.2 Å². The third kappa shape index (κ3) is 4.24. The number of pyridine rings is 1. The quantitative estimate of drug-likeness (QED) is 0.789. The van der Waals surface area contributed by atoms with Gasteiger partial charge >= 0.3 is 0 Å². The number of carbonyl (C=O) groups excluding carboxylic acids is 1. The fourth-order valence-electron chi connectivity index (χ4n) is 3.76. The number of amides is 1. The van der Waals surface area contributed by atoms with E-state index in [1.165, 1.54) is 12.8 Å². The number of hydrogen-bond acceptors (Lipinski definition) is 6. The lowest BCUT2D eigenvalue weighted by Gasteiger charge is -2.29. The predicted octanol–water partition coefficient (Wildman–Crippen LogP) is 2.30. The number of fused-ring (bicyclic) bond motifs is 1. The van der Waals surface area contributed by atoms with Gasteiger partial charge in [-0.3, -0.25) is 9.78 Å². The molecule has 2 aliphatic heterocycles. The SMILES string of the molecule is O=C(c1cccnc1)N1CCc2c(ncnc2NCCC[C@H]2CCOC2)C1. The van der Waals surface area contributed by atoms with Gasteiger partial charge < -0.3 is 15.0 Å². The summed E-state index contributed by atoms with van der Waals surface area (Å²) in [5, 5.41) is 3.47. The Morgan fingerprint density at radius 1 is 1.37 bits per heavy atom. The van der Waals surface area contributed by atoms with Gasteiger partial charge in [0.1, 0.15) is 12.1 Å². The van der Waals surface area contributed by atoms with Crippen LogP contribution in [0, 0.1) is 5.92 Å². The Bertz CT molecular complexity index is 777. The van der Waals surface area contributed by atoms with E-state index in [9.17, 15) is 4.79 Å². The number of rotatable bonds is 6. The van der Waals surface area contributed by atoms with E-state index < -0.39 is 0 Å². The van der Waals surface area contributed by atoms with Crippen molar-refractivity contribution >= 4 is 11.7 Å². The largest absolute Gasteiger partial charge is 0.381 e. The summed E-state index contributed by atoms with van der Waals surface area (Å²) in [5.74, 6) is 1.62. The molecule has 7 nitrogen and oxygen atoms in total. The van der Waals surface area contributed by atoms with E-state index in [1.54, 1.807) is 30.9 Å². The number of ether oxygens (including phenoxy) is 1. The predicted molar refractivity (Wildman–Crippen MR) is 101 cm³/mol. The molecule has 0 spiro atoms. The van der Waals surface area contributed by atoms with E-state index in [4.69, 9.17) is 4.74 Å². The normalized spacial score (nSPS) is 19.0. The van der Waals surface area contributed by atoms with Crippen molar-refractivity contribution in [3.8, 4) is 0 Å². The highest BCUT2D eigenvalue weighted by molar-refractivity contribution is 5.94. The van der Waals surface area contributed by atoms with Crippen molar-refractivity contribution in [1.82, 2.24) is 19.9 Å². The van der Waals surface area contributed by atoms with E-state index >= 15 is 0 Å². The van der Waals surface area contributed by atoms with E-state index in [-0.39, 0.29) is 5.91 Å². The molecular weight excluding hydrogens is 342 g/mol. The molecule has 1 atom stereocenters. The first-order valence-corrected chi connectivity index (χ1v) is 9.65. The summed E-state index contributed by atoms with van der Waals surface area (Å²) >= 11 is 0. The summed E-state index contributed by atoms with van der Waals surface area (Å²) in [6.45, 7) is 3.90. The Morgan fingerprint density at radius 3 is 3.15 bits per heavy atom. The zero-order valence-electron chi connectivity index (χ0n) is 15.4. The van der Waals surface area contributed by atoms with Crippen molar-refractivity contribution in [1.29, 1.82) is 0 Å². The lowest BCUT2D eigenvalue weighted by Crippen LogP contribution is -2.37. The standard InChI is InChI=1S/C20H25N5O2/c26-20(16-4-2-7-21-11-16)25-9-5-17-18(12-25)23-14-24-19(17)22-8-1-3-15-6-10-27-13-15/h2,4,7,11,14-15H,1,3,5-6,8-10,12-13H2,(H,22,23,24)/t15-/m0/s1. The Balaban J connectivity index is 1.35. The smallest absolute Gasteiger partial charge is 0.255 e. The Hall–Kier alpha value is -2.54. The van der Waals surface area contributed by atoms with Gasteiger partial charge in [0.25, 0.3) is 5.91 Å². The fraction of sp³-hybridized carbons (Fsp3) is 0.500. The maximum absolute atomic E-state index is 12.6. The number of nitrogens with zero attached hydrogens (tertiary/aromatic N) is 4. The molecule has 0 radical (unpaired) electrons. The molecule has 27 heavy (non-hydrogen) atoms. The van der Waals surface area contributed by atoms with Crippen LogP contribution >= 0.6 is 0 Å². The summed E-state index contributed by atoms with van der Waals surface area (Å²) in [6, 6.07) is 3.58. The summed E-state index contributed by atoms with van der Waals surface area (Å²) in [4.78, 5) is 27.4. The molecule has 0 bridgehead atoms. The second kappa shape index (κ2) is 8.43. The summed E-state index contributed by atoms with van der Waals surface area (Å²) in [7, 11) is 0. The van der Waals surface area contributed by atoms with Crippen LogP contribution in [0.1, 0.15) is 40.9 Å². The van der Waals surface area contributed by atoms with Crippen molar-refractivity contribution < 1.29 is 9.53 Å². The van der Waals surface area contributed by atoms with E-state index in [0.717, 1.165) is 49.7 Å². The van der Waals surface area contributed by atoms with Crippen LogP contribution in [-0.4, -0.2) is 52.1 Å².